The van der Waals surface area contributed by atoms with Gasteiger partial charge in [0.1, 0.15) is 22.8 Å². The van der Waals surface area contributed by atoms with Gasteiger partial charge in [-0.25, -0.2) is 9.67 Å². The maximum absolute atomic E-state index is 12.4. The quantitative estimate of drug-likeness (QED) is 0.772. The molecular weight excluding hydrogens is 312 g/mol. The van der Waals surface area contributed by atoms with Crippen molar-refractivity contribution in [2.45, 2.75) is 25.8 Å². The average molecular weight is 328 g/mol. The fourth-order valence-corrected chi connectivity index (χ4v) is 3.38. The number of nitrogens with zero attached hydrogens (tertiary/aromatic N) is 3. The highest BCUT2D eigenvalue weighted by Gasteiger charge is 2.30. The van der Waals surface area contributed by atoms with Crippen LogP contribution < -0.4 is 5.32 Å². The number of nitrogens with one attached hydrogen (secondary N) is 1. The van der Waals surface area contributed by atoms with Crippen LogP contribution in [-0.2, 0) is 0 Å². The molecule has 1 fully saturated rings. The van der Waals surface area contributed by atoms with Gasteiger partial charge in [-0.15, -0.1) is 11.3 Å². The Kier molecular flexibility index (Phi) is 3.49. The van der Waals surface area contributed by atoms with Crippen molar-refractivity contribution in [3.8, 4) is 10.6 Å². The Labute approximate surface area is 137 Å². The number of amides is 1. The Bertz CT molecular complexity index is 817. The largest absolute Gasteiger partial charge is 0.472 e. The average Bonchev–Trinajstić information content (AvgIpc) is 3.00. The minimum absolute atomic E-state index is 0.222. The third-order valence-electron chi connectivity index (χ3n) is 4.11. The van der Waals surface area contributed by atoms with E-state index in [1.54, 1.807) is 24.1 Å². The molecule has 1 unspecified atom stereocenters. The molecule has 0 saturated heterocycles. The lowest BCUT2D eigenvalue weighted by atomic mass is 10.2. The van der Waals surface area contributed by atoms with Crippen LogP contribution >= 0.6 is 11.3 Å². The fraction of sp³-hybridized carbons (Fsp3) is 0.312. The fourth-order valence-electron chi connectivity index (χ4n) is 2.59. The highest BCUT2D eigenvalue weighted by atomic mass is 32.1. The minimum atomic E-state index is -0.222. The highest BCUT2D eigenvalue weighted by molar-refractivity contribution is 7.13. The normalized spacial score (nSPS) is 15.5. The van der Waals surface area contributed by atoms with Gasteiger partial charge in [0.2, 0.25) is 0 Å². The van der Waals surface area contributed by atoms with E-state index in [2.05, 4.69) is 22.3 Å². The summed E-state index contributed by atoms with van der Waals surface area (Å²) in [6.07, 6.45) is 7.39. The summed E-state index contributed by atoms with van der Waals surface area (Å²) in [6, 6.07) is 3.95. The summed E-state index contributed by atoms with van der Waals surface area (Å²) in [7, 11) is 0. The molecule has 4 rings (SSSR count). The Morgan fingerprint density at radius 1 is 1.48 bits per heavy atom. The van der Waals surface area contributed by atoms with Gasteiger partial charge in [-0.1, -0.05) is 0 Å². The van der Waals surface area contributed by atoms with E-state index < -0.39 is 0 Å². The SMILES string of the molecule is CC(C1CC1)n1nccc1NC(=O)c1csc(-c2ccoc2)n1. The molecule has 118 valence electrons. The molecule has 3 aromatic rings. The van der Waals surface area contributed by atoms with Crippen LogP contribution in [0.5, 0.6) is 0 Å². The first-order valence-electron chi connectivity index (χ1n) is 7.55. The monoisotopic (exact) mass is 328 g/mol. The second kappa shape index (κ2) is 5.66. The van der Waals surface area contributed by atoms with Gasteiger partial charge >= 0.3 is 0 Å². The molecule has 1 atom stereocenters. The van der Waals surface area contributed by atoms with Crippen molar-refractivity contribution in [1.29, 1.82) is 0 Å². The molecule has 1 aliphatic carbocycles. The lowest BCUT2D eigenvalue weighted by Gasteiger charge is -2.14. The summed E-state index contributed by atoms with van der Waals surface area (Å²) >= 11 is 1.42. The van der Waals surface area contributed by atoms with E-state index in [0.29, 0.717) is 23.5 Å². The summed E-state index contributed by atoms with van der Waals surface area (Å²) in [5.41, 5.74) is 1.28. The Morgan fingerprint density at radius 2 is 2.35 bits per heavy atom. The molecule has 1 aliphatic rings. The number of carbonyl (C=O) groups excluding carboxylic acids is 1. The van der Waals surface area contributed by atoms with Gasteiger partial charge in [-0.3, -0.25) is 4.79 Å². The van der Waals surface area contributed by atoms with Crippen LogP contribution in [0.25, 0.3) is 10.6 Å². The van der Waals surface area contributed by atoms with E-state index in [9.17, 15) is 4.79 Å². The van der Waals surface area contributed by atoms with E-state index in [0.717, 1.165) is 10.6 Å². The molecule has 7 heteroatoms. The first-order valence-corrected chi connectivity index (χ1v) is 8.43. The number of anilines is 1. The second-order valence-corrected chi connectivity index (χ2v) is 6.60. The van der Waals surface area contributed by atoms with Gasteiger partial charge < -0.3 is 9.73 Å². The summed E-state index contributed by atoms with van der Waals surface area (Å²) in [5, 5.41) is 9.77. The van der Waals surface area contributed by atoms with Crippen LogP contribution in [0, 0.1) is 5.92 Å². The van der Waals surface area contributed by atoms with Gasteiger partial charge in [-0.2, -0.15) is 5.10 Å². The van der Waals surface area contributed by atoms with Gasteiger partial charge in [0, 0.05) is 17.0 Å². The third-order valence-corrected chi connectivity index (χ3v) is 5.00. The molecule has 6 nitrogen and oxygen atoms in total. The van der Waals surface area contributed by atoms with Crippen LogP contribution in [0.3, 0.4) is 0 Å². The number of hydrogen-bond donors (Lipinski definition) is 1. The predicted octanol–water partition coefficient (Wildman–Crippen LogP) is 3.82. The topological polar surface area (TPSA) is 73.0 Å². The van der Waals surface area contributed by atoms with Crippen LogP contribution in [0.15, 0.2) is 40.7 Å². The molecule has 0 bridgehead atoms. The number of carbonyl (C=O) groups is 1. The summed E-state index contributed by atoms with van der Waals surface area (Å²) < 4.78 is 6.94. The lowest BCUT2D eigenvalue weighted by Crippen LogP contribution is -2.18. The van der Waals surface area contributed by atoms with E-state index in [1.807, 2.05) is 16.8 Å². The van der Waals surface area contributed by atoms with Crippen LogP contribution in [0.4, 0.5) is 5.82 Å². The van der Waals surface area contributed by atoms with Crippen molar-refractivity contribution >= 4 is 23.1 Å². The molecular formula is C16H16N4O2S. The van der Waals surface area contributed by atoms with Crippen LogP contribution in [0.1, 0.15) is 36.3 Å². The minimum Gasteiger partial charge on any atom is -0.472 e. The maximum atomic E-state index is 12.4. The molecule has 0 aliphatic heterocycles. The third kappa shape index (κ3) is 2.79. The lowest BCUT2D eigenvalue weighted by molar-refractivity contribution is 0.102. The first-order chi connectivity index (χ1) is 11.2. The number of rotatable bonds is 5. The van der Waals surface area contributed by atoms with Crippen molar-refractivity contribution in [3.05, 3.63) is 41.9 Å². The Hall–Kier alpha value is -2.41. The highest BCUT2D eigenvalue weighted by Crippen LogP contribution is 2.40. The second-order valence-electron chi connectivity index (χ2n) is 5.74. The Balaban J connectivity index is 1.51. The molecule has 1 saturated carbocycles. The smallest absolute Gasteiger partial charge is 0.276 e. The number of thiazole rings is 1. The van der Waals surface area contributed by atoms with Crippen molar-refractivity contribution < 1.29 is 9.21 Å². The van der Waals surface area contributed by atoms with Crippen molar-refractivity contribution in [3.63, 3.8) is 0 Å². The van der Waals surface area contributed by atoms with Crippen LogP contribution in [0.2, 0.25) is 0 Å². The number of hydrogen-bond acceptors (Lipinski definition) is 5. The van der Waals surface area contributed by atoms with Crippen LogP contribution in [-0.4, -0.2) is 20.7 Å². The molecule has 1 amide bonds. The molecule has 0 spiro atoms. The molecule has 3 aromatic heterocycles. The predicted molar refractivity (Wildman–Crippen MR) is 87.4 cm³/mol. The summed E-state index contributed by atoms with van der Waals surface area (Å²) in [5.74, 6) is 1.16. The van der Waals surface area contributed by atoms with Crippen molar-refractivity contribution in [2.75, 3.05) is 5.32 Å². The van der Waals surface area contributed by atoms with E-state index >= 15 is 0 Å². The van der Waals surface area contributed by atoms with Gasteiger partial charge in [-0.05, 0) is 31.7 Å². The van der Waals surface area contributed by atoms with Crippen molar-refractivity contribution in [1.82, 2.24) is 14.8 Å². The Morgan fingerprint density at radius 3 is 3.09 bits per heavy atom. The van der Waals surface area contributed by atoms with Gasteiger partial charge in [0.25, 0.3) is 5.91 Å². The summed E-state index contributed by atoms with van der Waals surface area (Å²) in [6.45, 7) is 2.14. The standard InChI is InChI=1S/C16H16N4O2S/c1-10(11-2-3-11)20-14(4-6-17-20)19-15(21)13-9-23-16(18-13)12-5-7-22-8-12/h4-11H,2-3H2,1H3,(H,19,21). The van der Waals surface area contributed by atoms with Gasteiger partial charge in [0.05, 0.1) is 18.5 Å². The number of aromatic nitrogens is 3. The zero-order chi connectivity index (χ0) is 15.8. The zero-order valence-corrected chi connectivity index (χ0v) is 13.4. The van der Waals surface area contributed by atoms with Crippen molar-refractivity contribution in [2.24, 2.45) is 5.92 Å². The zero-order valence-electron chi connectivity index (χ0n) is 12.6. The maximum Gasteiger partial charge on any atom is 0.276 e. The van der Waals surface area contributed by atoms with E-state index in [4.69, 9.17) is 4.42 Å². The molecule has 3 heterocycles. The summed E-state index contributed by atoms with van der Waals surface area (Å²) in [4.78, 5) is 16.8. The molecule has 0 aromatic carbocycles. The molecule has 23 heavy (non-hydrogen) atoms. The molecule has 1 N–H and O–H groups in total. The van der Waals surface area contributed by atoms with Gasteiger partial charge in [0.15, 0.2) is 0 Å². The van der Waals surface area contributed by atoms with E-state index in [-0.39, 0.29) is 5.91 Å². The first kappa shape index (κ1) is 14.2. The van der Waals surface area contributed by atoms with E-state index in [1.165, 1.54) is 24.2 Å². The number of furan rings is 1. The molecule has 0 radical (unpaired) electrons.